The first kappa shape index (κ1) is 24.7. The summed E-state index contributed by atoms with van der Waals surface area (Å²) in [6, 6.07) is 20.8. The molecule has 5 rings (SSSR count). The Labute approximate surface area is 226 Å². The Bertz CT molecular complexity index is 1670. The molecule has 0 spiro atoms. The third-order valence-corrected chi connectivity index (χ3v) is 6.89. The van der Waals surface area contributed by atoms with Crippen molar-refractivity contribution in [2.75, 3.05) is 19.5 Å². The van der Waals surface area contributed by atoms with E-state index in [1.807, 2.05) is 67.6 Å². The van der Waals surface area contributed by atoms with Gasteiger partial charge in [-0.3, -0.25) is 10.1 Å². The van der Waals surface area contributed by atoms with Gasteiger partial charge in [0.2, 0.25) is 0 Å². The van der Waals surface area contributed by atoms with Crippen molar-refractivity contribution in [1.82, 2.24) is 20.3 Å². The van der Waals surface area contributed by atoms with Crippen molar-refractivity contribution in [3.8, 4) is 17.2 Å². The van der Waals surface area contributed by atoms with Crippen molar-refractivity contribution >= 4 is 66.7 Å². The van der Waals surface area contributed by atoms with Gasteiger partial charge in [-0.25, -0.2) is 0 Å². The summed E-state index contributed by atoms with van der Waals surface area (Å²) in [5.41, 5.74) is 4.20. The fraction of sp³-hybridized carbons (Fsp3) is 0.111. The molecule has 186 valence electrons. The minimum Gasteiger partial charge on any atom is -0.497 e. The van der Waals surface area contributed by atoms with Crippen LogP contribution in [-0.2, 0) is 0 Å². The summed E-state index contributed by atoms with van der Waals surface area (Å²) in [5.74, 6) is 0.809. The van der Waals surface area contributed by atoms with E-state index >= 15 is 0 Å². The number of amides is 1. The first-order valence-corrected chi connectivity index (χ1v) is 12.5. The fourth-order valence-corrected chi connectivity index (χ4v) is 4.95. The lowest BCUT2D eigenvalue weighted by atomic mass is 10.1. The lowest BCUT2D eigenvalue weighted by molar-refractivity contribution is 0.0975. The summed E-state index contributed by atoms with van der Waals surface area (Å²) < 4.78 is 11.5. The Hall–Kier alpha value is -4.02. The van der Waals surface area contributed by atoms with Crippen molar-refractivity contribution in [2.24, 2.45) is 0 Å². The minimum atomic E-state index is -0.384. The lowest BCUT2D eigenvalue weighted by Gasteiger charge is -2.15. The van der Waals surface area contributed by atoms with Crippen LogP contribution in [0, 0.1) is 6.92 Å². The number of carbonyl (C=O) groups excluding carboxylic acids is 1. The molecule has 0 fully saturated rings. The summed E-state index contributed by atoms with van der Waals surface area (Å²) in [6.07, 6.45) is 0. The van der Waals surface area contributed by atoms with Crippen LogP contribution in [0.2, 0.25) is 0 Å². The molecule has 0 saturated heterocycles. The molecule has 0 saturated carbocycles. The summed E-state index contributed by atoms with van der Waals surface area (Å²) in [5, 5.41) is 17.0. The van der Waals surface area contributed by atoms with E-state index in [2.05, 4.69) is 36.8 Å². The number of ether oxygens (including phenoxy) is 2. The highest BCUT2D eigenvalue weighted by Gasteiger charge is 2.19. The number of hydrogen-bond donors (Lipinski definition) is 2. The normalized spacial score (nSPS) is 10.9. The first-order chi connectivity index (χ1) is 17.9. The van der Waals surface area contributed by atoms with Crippen LogP contribution in [0.1, 0.15) is 15.9 Å². The molecule has 0 aliphatic rings. The molecule has 8 nitrogen and oxygen atoms in total. The SMILES string of the molecule is COc1ccc(-n2nc3cc(C)c(NC(=S)NC(=O)c4cc5ccccc5c(Br)c4OC)cc3n2)cc1. The highest BCUT2D eigenvalue weighted by molar-refractivity contribution is 9.10. The molecule has 0 bridgehead atoms. The van der Waals surface area contributed by atoms with Gasteiger partial charge in [0.25, 0.3) is 5.91 Å². The topological polar surface area (TPSA) is 90.3 Å². The van der Waals surface area contributed by atoms with Gasteiger partial charge in [-0.2, -0.15) is 4.80 Å². The quantitative estimate of drug-likeness (QED) is 0.256. The number of methoxy groups -OCH3 is 2. The van der Waals surface area contributed by atoms with Crippen LogP contribution in [0.15, 0.2) is 71.2 Å². The number of anilines is 1. The zero-order valence-electron chi connectivity index (χ0n) is 20.2. The standard InChI is InChI=1S/C27H22BrN5O3S/c1-15-12-22-23(32-33(31-22)17-8-10-18(35-2)11-9-17)14-21(15)29-27(37)30-26(34)20-13-16-6-4-5-7-19(16)24(28)25(20)36-3/h4-14H,1-3H3,(H2,29,30,34,37). The van der Waals surface area contributed by atoms with Gasteiger partial charge in [-0.05, 0) is 93.9 Å². The number of hydrogen-bond acceptors (Lipinski definition) is 6. The van der Waals surface area contributed by atoms with E-state index < -0.39 is 0 Å². The number of thiocarbonyl (C=S) groups is 1. The Balaban J connectivity index is 1.37. The molecule has 0 aliphatic heterocycles. The molecule has 1 heterocycles. The Kier molecular flexibility index (Phi) is 6.77. The number of rotatable bonds is 5. The number of nitrogens with one attached hydrogen (secondary N) is 2. The van der Waals surface area contributed by atoms with Crippen LogP contribution in [0.4, 0.5) is 5.69 Å². The molecule has 0 atom stereocenters. The van der Waals surface area contributed by atoms with Gasteiger partial charge < -0.3 is 14.8 Å². The number of carbonyl (C=O) groups is 1. The molecular weight excluding hydrogens is 554 g/mol. The summed E-state index contributed by atoms with van der Waals surface area (Å²) >= 11 is 9.02. The van der Waals surface area contributed by atoms with E-state index in [0.717, 1.165) is 33.3 Å². The molecule has 0 unspecified atom stereocenters. The predicted octanol–water partition coefficient (Wildman–Crippen LogP) is 5.79. The zero-order chi connectivity index (χ0) is 26.1. The molecule has 4 aromatic carbocycles. The van der Waals surface area contributed by atoms with Gasteiger partial charge in [0, 0.05) is 5.69 Å². The molecule has 10 heteroatoms. The second kappa shape index (κ2) is 10.2. The Morgan fingerprint density at radius 1 is 0.973 bits per heavy atom. The fourth-order valence-electron chi connectivity index (χ4n) is 4.01. The van der Waals surface area contributed by atoms with E-state index in [9.17, 15) is 4.79 Å². The predicted molar refractivity (Wildman–Crippen MR) is 152 cm³/mol. The largest absolute Gasteiger partial charge is 0.497 e. The smallest absolute Gasteiger partial charge is 0.261 e. The number of fused-ring (bicyclic) bond motifs is 2. The lowest BCUT2D eigenvalue weighted by Crippen LogP contribution is -2.34. The average molecular weight is 576 g/mol. The number of aryl methyl sites for hydroxylation is 1. The molecule has 5 aromatic rings. The van der Waals surface area contributed by atoms with E-state index in [-0.39, 0.29) is 11.0 Å². The minimum absolute atomic E-state index is 0.154. The Morgan fingerprint density at radius 3 is 2.38 bits per heavy atom. The number of nitrogens with zero attached hydrogens (tertiary/aromatic N) is 3. The van der Waals surface area contributed by atoms with Crippen molar-refractivity contribution in [3.05, 3.63) is 82.3 Å². The monoisotopic (exact) mass is 575 g/mol. The maximum atomic E-state index is 13.2. The molecule has 1 aromatic heterocycles. The van der Waals surface area contributed by atoms with Crippen molar-refractivity contribution in [3.63, 3.8) is 0 Å². The molecule has 0 radical (unpaired) electrons. The van der Waals surface area contributed by atoms with E-state index in [1.165, 1.54) is 7.11 Å². The first-order valence-electron chi connectivity index (χ1n) is 11.3. The zero-order valence-corrected chi connectivity index (χ0v) is 22.6. The van der Waals surface area contributed by atoms with E-state index in [0.29, 0.717) is 27.0 Å². The highest BCUT2D eigenvalue weighted by atomic mass is 79.9. The van der Waals surface area contributed by atoms with Gasteiger partial charge in [-0.1, -0.05) is 24.3 Å². The number of halogens is 1. The summed E-state index contributed by atoms with van der Waals surface area (Å²) in [6.45, 7) is 1.93. The summed E-state index contributed by atoms with van der Waals surface area (Å²) in [7, 11) is 3.15. The second-order valence-electron chi connectivity index (χ2n) is 8.24. The maximum absolute atomic E-state index is 13.2. The third kappa shape index (κ3) is 4.85. The van der Waals surface area contributed by atoms with Crippen LogP contribution in [0.25, 0.3) is 27.5 Å². The van der Waals surface area contributed by atoms with Crippen LogP contribution < -0.4 is 20.1 Å². The highest BCUT2D eigenvalue weighted by Crippen LogP contribution is 2.36. The molecule has 0 aliphatic carbocycles. The average Bonchev–Trinajstić information content (AvgIpc) is 3.31. The van der Waals surface area contributed by atoms with Crippen LogP contribution >= 0.6 is 28.1 Å². The molecule has 1 amide bonds. The van der Waals surface area contributed by atoms with Gasteiger partial charge in [0.05, 0.1) is 29.9 Å². The van der Waals surface area contributed by atoms with Crippen molar-refractivity contribution < 1.29 is 14.3 Å². The molecular formula is C27H22BrN5O3S. The third-order valence-electron chi connectivity index (χ3n) is 5.89. The van der Waals surface area contributed by atoms with Gasteiger partial charge >= 0.3 is 0 Å². The van der Waals surface area contributed by atoms with Crippen LogP contribution in [-0.4, -0.2) is 40.2 Å². The van der Waals surface area contributed by atoms with Crippen LogP contribution in [0.3, 0.4) is 0 Å². The van der Waals surface area contributed by atoms with Crippen LogP contribution in [0.5, 0.6) is 11.5 Å². The maximum Gasteiger partial charge on any atom is 0.261 e. The molecule has 37 heavy (non-hydrogen) atoms. The second-order valence-corrected chi connectivity index (χ2v) is 9.45. The van der Waals surface area contributed by atoms with Crippen molar-refractivity contribution in [1.29, 1.82) is 0 Å². The Morgan fingerprint density at radius 2 is 1.68 bits per heavy atom. The van der Waals surface area contributed by atoms with Gasteiger partial charge in [-0.15, -0.1) is 10.2 Å². The summed E-state index contributed by atoms with van der Waals surface area (Å²) in [4.78, 5) is 14.7. The van der Waals surface area contributed by atoms with Gasteiger partial charge in [0.1, 0.15) is 22.5 Å². The van der Waals surface area contributed by atoms with E-state index in [4.69, 9.17) is 21.7 Å². The van der Waals surface area contributed by atoms with Crippen molar-refractivity contribution in [2.45, 2.75) is 6.92 Å². The number of benzene rings is 4. The van der Waals surface area contributed by atoms with Gasteiger partial charge in [0.15, 0.2) is 5.11 Å². The van der Waals surface area contributed by atoms with E-state index in [1.54, 1.807) is 18.0 Å². The number of aromatic nitrogens is 3. The molecule has 2 N–H and O–H groups in total.